The first-order valence-electron chi connectivity index (χ1n) is 10.1. The van der Waals surface area contributed by atoms with Crippen molar-refractivity contribution in [3.63, 3.8) is 0 Å². The van der Waals surface area contributed by atoms with Crippen LogP contribution < -0.4 is 4.74 Å². The molecule has 6 nitrogen and oxygen atoms in total. The molecule has 1 aromatic carbocycles. The molecule has 172 valence electrons. The van der Waals surface area contributed by atoms with Crippen molar-refractivity contribution in [2.75, 3.05) is 0 Å². The Hall–Kier alpha value is -4.02. The quantitative estimate of drug-likeness (QED) is 0.338. The summed E-state index contributed by atoms with van der Waals surface area (Å²) < 4.78 is 43.5. The van der Waals surface area contributed by atoms with Gasteiger partial charge in [-0.1, -0.05) is 0 Å². The molecule has 0 bridgehead atoms. The summed E-state index contributed by atoms with van der Waals surface area (Å²) in [7, 11) is 0. The monoisotopic (exact) mass is 481 g/mol. The minimum absolute atomic E-state index is 0.216. The summed E-state index contributed by atoms with van der Waals surface area (Å²) in [5, 5.41) is 20.3. The number of allylic oxidation sites excluding steroid dienone is 1. The van der Waals surface area contributed by atoms with Crippen molar-refractivity contribution < 1.29 is 17.9 Å². The molecule has 0 aliphatic carbocycles. The fraction of sp³-hybridized carbons (Fsp3) is 0.208. The smallest absolute Gasteiger partial charge is 0.406 e. The molecule has 34 heavy (non-hydrogen) atoms. The van der Waals surface area contributed by atoms with Gasteiger partial charge in [-0.3, -0.25) is 0 Å². The molecule has 0 aliphatic heterocycles. The third kappa shape index (κ3) is 4.16. The standard InChI is InChI=1S/C24H18F3N5OS/c1-12-7-16(14(3)32(12)23-19(11-29)13(2)15(4)34-23)8-17(10-28)22-30-20-6-5-18(9-21(20)31-22)33-24(25,26)27/h5-9H,1-4H3,(H,30,31). The molecule has 4 aromatic rings. The Bertz CT molecular complexity index is 1540. The highest BCUT2D eigenvalue weighted by Crippen LogP contribution is 2.34. The largest absolute Gasteiger partial charge is 0.573 e. The first kappa shape index (κ1) is 23.1. The highest BCUT2D eigenvalue weighted by atomic mass is 32.1. The molecule has 0 atom stereocenters. The third-order valence-corrected chi connectivity index (χ3v) is 6.71. The molecule has 0 unspecified atom stereocenters. The van der Waals surface area contributed by atoms with Gasteiger partial charge in [-0.2, -0.15) is 10.5 Å². The predicted molar refractivity (Wildman–Crippen MR) is 124 cm³/mol. The fourth-order valence-electron chi connectivity index (χ4n) is 3.77. The van der Waals surface area contributed by atoms with Crippen LogP contribution in [0.2, 0.25) is 0 Å². The molecule has 0 fully saturated rings. The average molecular weight is 482 g/mol. The lowest BCUT2D eigenvalue weighted by molar-refractivity contribution is -0.274. The van der Waals surface area contributed by atoms with Crippen LogP contribution in [0.1, 0.15) is 38.8 Å². The number of nitrogens with one attached hydrogen (secondary N) is 1. The summed E-state index contributed by atoms with van der Waals surface area (Å²) in [5.74, 6) is -0.150. The van der Waals surface area contributed by atoms with Crippen molar-refractivity contribution in [2.24, 2.45) is 0 Å². The minimum atomic E-state index is -4.80. The number of H-pyrrole nitrogens is 1. The van der Waals surface area contributed by atoms with E-state index in [1.807, 2.05) is 38.3 Å². The number of hydrogen-bond acceptors (Lipinski definition) is 5. The SMILES string of the molecule is Cc1sc(-n2c(C)cc(C=C(C#N)c3nc4ccc(OC(F)(F)F)cc4[nH]3)c2C)c(C#N)c1C. The first-order chi connectivity index (χ1) is 16.0. The van der Waals surface area contributed by atoms with Gasteiger partial charge in [0.2, 0.25) is 0 Å². The number of nitrogens with zero attached hydrogens (tertiary/aromatic N) is 4. The molecule has 3 heterocycles. The summed E-state index contributed by atoms with van der Waals surface area (Å²) in [6.07, 6.45) is -3.13. The summed E-state index contributed by atoms with van der Waals surface area (Å²) >= 11 is 1.53. The highest BCUT2D eigenvalue weighted by molar-refractivity contribution is 7.14. The van der Waals surface area contributed by atoms with Gasteiger partial charge in [-0.05, 0) is 63.1 Å². The van der Waals surface area contributed by atoms with Crippen molar-refractivity contribution in [1.82, 2.24) is 14.5 Å². The van der Waals surface area contributed by atoms with Gasteiger partial charge in [-0.15, -0.1) is 24.5 Å². The van der Waals surface area contributed by atoms with E-state index in [2.05, 4.69) is 26.8 Å². The number of aromatic nitrogens is 3. The zero-order chi connectivity index (χ0) is 24.8. The zero-order valence-electron chi connectivity index (χ0n) is 18.6. The molecular formula is C24H18F3N5OS. The number of hydrogen-bond donors (Lipinski definition) is 1. The normalized spacial score (nSPS) is 12.1. The zero-order valence-corrected chi connectivity index (χ0v) is 19.4. The maximum Gasteiger partial charge on any atom is 0.573 e. The van der Waals surface area contributed by atoms with Crippen LogP contribution in [0.4, 0.5) is 13.2 Å². The van der Waals surface area contributed by atoms with E-state index in [1.54, 1.807) is 6.08 Å². The molecule has 0 amide bonds. The van der Waals surface area contributed by atoms with E-state index >= 15 is 0 Å². The van der Waals surface area contributed by atoms with Gasteiger partial charge in [0.25, 0.3) is 0 Å². The minimum Gasteiger partial charge on any atom is -0.406 e. The highest BCUT2D eigenvalue weighted by Gasteiger charge is 2.31. The van der Waals surface area contributed by atoms with E-state index in [-0.39, 0.29) is 17.1 Å². The number of benzene rings is 1. The summed E-state index contributed by atoms with van der Waals surface area (Å²) in [6, 6.07) is 10.1. The van der Waals surface area contributed by atoms with E-state index in [9.17, 15) is 23.7 Å². The number of aromatic amines is 1. The third-order valence-electron chi connectivity index (χ3n) is 5.51. The van der Waals surface area contributed by atoms with Gasteiger partial charge in [0.1, 0.15) is 28.7 Å². The summed E-state index contributed by atoms with van der Waals surface area (Å²) in [5.41, 5.74) is 5.01. The number of aryl methyl sites for hydroxylation is 2. The van der Waals surface area contributed by atoms with Crippen LogP contribution in [-0.2, 0) is 0 Å². The Balaban J connectivity index is 1.76. The lowest BCUT2D eigenvalue weighted by Gasteiger charge is -2.07. The number of nitriles is 2. The molecule has 0 aliphatic rings. The number of ether oxygens (including phenoxy) is 1. The van der Waals surface area contributed by atoms with E-state index in [4.69, 9.17) is 0 Å². The number of alkyl halides is 3. The molecular weight excluding hydrogens is 463 g/mol. The second-order valence-electron chi connectivity index (χ2n) is 7.72. The topological polar surface area (TPSA) is 90.4 Å². The van der Waals surface area contributed by atoms with Crippen molar-refractivity contribution in [2.45, 2.75) is 34.1 Å². The van der Waals surface area contributed by atoms with Gasteiger partial charge in [-0.25, -0.2) is 4.98 Å². The van der Waals surface area contributed by atoms with E-state index in [1.165, 1.54) is 29.5 Å². The summed E-state index contributed by atoms with van der Waals surface area (Å²) in [4.78, 5) is 8.30. The second kappa shape index (κ2) is 8.40. The average Bonchev–Trinajstić information content (AvgIpc) is 3.38. The molecule has 10 heteroatoms. The molecule has 1 N–H and O–H groups in total. The van der Waals surface area contributed by atoms with Gasteiger partial charge in [0.05, 0.1) is 22.2 Å². The molecule has 0 spiro atoms. The van der Waals surface area contributed by atoms with Crippen LogP contribution in [0.5, 0.6) is 5.75 Å². The Labute approximate surface area is 197 Å². The lowest BCUT2D eigenvalue weighted by Crippen LogP contribution is -2.16. The van der Waals surface area contributed by atoms with Gasteiger partial charge in [0, 0.05) is 22.3 Å². The summed E-state index contributed by atoms with van der Waals surface area (Å²) in [6.45, 7) is 7.72. The first-order valence-corrected chi connectivity index (χ1v) is 10.9. The Morgan fingerprint density at radius 3 is 2.56 bits per heavy atom. The van der Waals surface area contributed by atoms with E-state index in [0.29, 0.717) is 16.6 Å². The van der Waals surface area contributed by atoms with Crippen molar-refractivity contribution >= 4 is 34.0 Å². The molecule has 0 saturated carbocycles. The molecule has 0 radical (unpaired) electrons. The Morgan fingerprint density at radius 1 is 1.18 bits per heavy atom. The van der Waals surface area contributed by atoms with E-state index in [0.717, 1.165) is 32.4 Å². The number of halogens is 3. The van der Waals surface area contributed by atoms with Gasteiger partial charge in [0.15, 0.2) is 0 Å². The maximum absolute atomic E-state index is 12.5. The number of imidazole rings is 1. The van der Waals surface area contributed by atoms with Crippen LogP contribution >= 0.6 is 11.3 Å². The molecule has 3 aromatic heterocycles. The van der Waals surface area contributed by atoms with Crippen molar-refractivity contribution in [3.8, 4) is 22.9 Å². The van der Waals surface area contributed by atoms with Gasteiger partial charge >= 0.3 is 6.36 Å². The van der Waals surface area contributed by atoms with Crippen LogP contribution in [-0.4, -0.2) is 20.9 Å². The fourth-order valence-corrected chi connectivity index (χ4v) is 4.99. The molecule has 0 saturated heterocycles. The van der Waals surface area contributed by atoms with Crippen molar-refractivity contribution in [3.05, 3.63) is 63.0 Å². The second-order valence-corrected chi connectivity index (χ2v) is 8.92. The van der Waals surface area contributed by atoms with Crippen LogP contribution in [0.3, 0.4) is 0 Å². The Kier molecular flexibility index (Phi) is 5.72. The lowest BCUT2D eigenvalue weighted by atomic mass is 10.1. The maximum atomic E-state index is 12.5. The number of fused-ring (bicyclic) bond motifs is 1. The van der Waals surface area contributed by atoms with Crippen molar-refractivity contribution in [1.29, 1.82) is 10.5 Å². The van der Waals surface area contributed by atoms with Crippen LogP contribution in [0, 0.1) is 50.4 Å². The van der Waals surface area contributed by atoms with Crippen LogP contribution in [0.25, 0.3) is 27.7 Å². The predicted octanol–water partition coefficient (Wildman–Crippen LogP) is 6.48. The van der Waals surface area contributed by atoms with Gasteiger partial charge < -0.3 is 14.3 Å². The van der Waals surface area contributed by atoms with Crippen LogP contribution in [0.15, 0.2) is 24.3 Å². The Morgan fingerprint density at radius 2 is 1.91 bits per heavy atom. The molecule has 4 rings (SSSR count). The van der Waals surface area contributed by atoms with E-state index < -0.39 is 6.36 Å². The number of rotatable bonds is 4. The number of thiophene rings is 1.